The number of anilines is 2. The van der Waals surface area contributed by atoms with Crippen LogP contribution in [0.5, 0.6) is 0 Å². The number of thioether (sulfide) groups is 2. The number of carbonyl (C=O) groups excluding carboxylic acids is 4. The molecule has 2 fully saturated rings. The minimum Gasteiger partial charge on any atom is -0.274 e. The minimum absolute atomic E-state index is 0.127. The molecular formula is C26H20N2O4S2. The third kappa shape index (κ3) is 4.38. The van der Waals surface area contributed by atoms with E-state index in [0.29, 0.717) is 11.4 Å². The first kappa shape index (κ1) is 22.4. The summed E-state index contributed by atoms with van der Waals surface area (Å²) in [6.45, 7) is 0. The van der Waals surface area contributed by atoms with Crippen LogP contribution in [-0.4, -0.2) is 34.1 Å². The number of rotatable bonds is 6. The van der Waals surface area contributed by atoms with E-state index in [1.165, 1.54) is 33.3 Å². The van der Waals surface area contributed by atoms with E-state index < -0.39 is 10.5 Å². The molecule has 3 aromatic carbocycles. The summed E-state index contributed by atoms with van der Waals surface area (Å²) in [5, 5.41) is -0.959. The molecule has 0 spiro atoms. The molecule has 2 unspecified atom stereocenters. The Morgan fingerprint density at radius 3 is 1.24 bits per heavy atom. The highest BCUT2D eigenvalue weighted by Gasteiger charge is 2.42. The van der Waals surface area contributed by atoms with Crippen LogP contribution in [0.25, 0.3) is 0 Å². The Kier molecular flexibility index (Phi) is 6.26. The number of hydrogen-bond acceptors (Lipinski definition) is 6. The molecule has 2 aliphatic rings. The highest BCUT2D eigenvalue weighted by molar-refractivity contribution is 8.01. The quantitative estimate of drug-likeness (QED) is 0.475. The van der Waals surface area contributed by atoms with E-state index in [1.807, 2.05) is 60.7 Å². The fourth-order valence-electron chi connectivity index (χ4n) is 4.01. The van der Waals surface area contributed by atoms with Crippen LogP contribution in [0.3, 0.4) is 0 Å². The van der Waals surface area contributed by atoms with E-state index in [1.54, 1.807) is 24.3 Å². The van der Waals surface area contributed by atoms with Crippen molar-refractivity contribution in [2.24, 2.45) is 0 Å². The van der Waals surface area contributed by atoms with Crippen molar-refractivity contribution in [3.8, 4) is 0 Å². The van der Waals surface area contributed by atoms with Crippen molar-refractivity contribution in [1.82, 2.24) is 0 Å². The molecule has 0 aromatic heterocycles. The normalized spacial score (nSPS) is 20.5. The number of amides is 4. The third-order valence-electron chi connectivity index (χ3n) is 5.62. The SMILES string of the molecule is O=C1CC(Sc2ccccc2)C(=O)N1c1ccc(N2C(=O)CC(Sc3ccccc3)C2=O)cc1. The van der Waals surface area contributed by atoms with Gasteiger partial charge in [0.05, 0.1) is 21.9 Å². The molecular weight excluding hydrogens is 468 g/mol. The molecule has 6 nitrogen and oxygen atoms in total. The summed E-state index contributed by atoms with van der Waals surface area (Å²) < 4.78 is 0. The van der Waals surface area contributed by atoms with E-state index in [2.05, 4.69) is 0 Å². The number of benzene rings is 3. The van der Waals surface area contributed by atoms with Crippen molar-refractivity contribution in [2.45, 2.75) is 33.1 Å². The first-order chi connectivity index (χ1) is 16.5. The standard InChI is InChI=1S/C26H20N2O4S2/c29-23-15-21(33-19-7-3-1-4-8-19)25(31)27(23)17-11-13-18(14-12-17)28-24(30)16-22(26(28)32)34-20-9-5-2-6-10-20/h1-14,21-22H,15-16H2. The van der Waals surface area contributed by atoms with E-state index in [0.717, 1.165) is 9.79 Å². The maximum atomic E-state index is 12.9. The first-order valence-electron chi connectivity index (χ1n) is 10.8. The van der Waals surface area contributed by atoms with Gasteiger partial charge in [0.1, 0.15) is 0 Å². The largest absolute Gasteiger partial charge is 0.274 e. The molecule has 2 heterocycles. The van der Waals surface area contributed by atoms with E-state index >= 15 is 0 Å². The fourth-order valence-corrected chi connectivity index (χ4v) is 6.16. The van der Waals surface area contributed by atoms with Crippen LogP contribution in [0.4, 0.5) is 11.4 Å². The summed E-state index contributed by atoms with van der Waals surface area (Å²) in [6.07, 6.45) is 0.253. The lowest BCUT2D eigenvalue weighted by Gasteiger charge is -2.18. The Hall–Kier alpha value is -3.36. The van der Waals surface area contributed by atoms with Crippen molar-refractivity contribution >= 4 is 58.5 Å². The van der Waals surface area contributed by atoms with E-state index in [-0.39, 0.29) is 36.5 Å². The highest BCUT2D eigenvalue weighted by Crippen LogP contribution is 2.36. The molecule has 4 amide bonds. The predicted octanol–water partition coefficient (Wildman–Crippen LogP) is 4.54. The summed E-state index contributed by atoms with van der Waals surface area (Å²) >= 11 is 2.75. The summed E-state index contributed by atoms with van der Waals surface area (Å²) in [7, 11) is 0. The van der Waals surface area contributed by atoms with Gasteiger partial charge in [-0.2, -0.15) is 0 Å². The molecule has 8 heteroatoms. The van der Waals surface area contributed by atoms with Crippen LogP contribution < -0.4 is 9.80 Å². The lowest BCUT2D eigenvalue weighted by atomic mass is 10.2. The molecule has 5 rings (SSSR count). The second kappa shape index (κ2) is 9.48. The van der Waals surface area contributed by atoms with Gasteiger partial charge in [-0.25, -0.2) is 9.80 Å². The van der Waals surface area contributed by atoms with Crippen molar-refractivity contribution < 1.29 is 19.2 Å². The van der Waals surface area contributed by atoms with Crippen molar-refractivity contribution in [2.75, 3.05) is 9.80 Å². The van der Waals surface area contributed by atoms with Gasteiger partial charge in [0.15, 0.2) is 0 Å². The smallest absolute Gasteiger partial charge is 0.247 e. The molecule has 0 bridgehead atoms. The maximum absolute atomic E-state index is 12.9. The van der Waals surface area contributed by atoms with Crippen molar-refractivity contribution in [3.05, 3.63) is 84.9 Å². The zero-order valence-electron chi connectivity index (χ0n) is 18.0. The fraction of sp³-hybridized carbons (Fsp3) is 0.154. The molecule has 0 radical (unpaired) electrons. The lowest BCUT2D eigenvalue weighted by Crippen LogP contribution is -2.32. The molecule has 2 aliphatic heterocycles. The Bertz CT molecular complexity index is 1150. The number of imide groups is 2. The Morgan fingerprint density at radius 1 is 0.529 bits per heavy atom. The number of carbonyl (C=O) groups is 4. The lowest BCUT2D eigenvalue weighted by molar-refractivity contribution is -0.122. The molecule has 34 heavy (non-hydrogen) atoms. The molecule has 0 aliphatic carbocycles. The second-order valence-electron chi connectivity index (χ2n) is 7.90. The van der Waals surface area contributed by atoms with Gasteiger partial charge >= 0.3 is 0 Å². The second-order valence-corrected chi connectivity index (χ2v) is 10.5. The summed E-state index contributed by atoms with van der Waals surface area (Å²) in [6, 6.07) is 25.5. The van der Waals surface area contributed by atoms with Gasteiger partial charge in [-0.3, -0.25) is 19.2 Å². The van der Waals surface area contributed by atoms with Gasteiger partial charge < -0.3 is 0 Å². The summed E-state index contributed by atoms with van der Waals surface area (Å²) in [4.78, 5) is 55.4. The van der Waals surface area contributed by atoms with Gasteiger partial charge in [-0.05, 0) is 48.5 Å². The number of nitrogens with zero attached hydrogens (tertiary/aromatic N) is 2. The minimum atomic E-state index is -0.480. The maximum Gasteiger partial charge on any atom is 0.247 e. The average Bonchev–Trinajstić information content (AvgIpc) is 3.28. The van der Waals surface area contributed by atoms with Crippen LogP contribution >= 0.6 is 23.5 Å². The monoisotopic (exact) mass is 488 g/mol. The topological polar surface area (TPSA) is 74.8 Å². The van der Waals surface area contributed by atoms with E-state index in [9.17, 15) is 19.2 Å². The van der Waals surface area contributed by atoms with Gasteiger partial charge in [0.25, 0.3) is 0 Å². The van der Waals surface area contributed by atoms with Crippen LogP contribution in [0.15, 0.2) is 94.7 Å². The van der Waals surface area contributed by atoms with Crippen molar-refractivity contribution in [1.29, 1.82) is 0 Å². The molecule has 0 N–H and O–H groups in total. The Morgan fingerprint density at radius 2 is 0.882 bits per heavy atom. The third-order valence-corrected chi connectivity index (χ3v) is 8.01. The van der Waals surface area contributed by atoms with Crippen molar-refractivity contribution in [3.63, 3.8) is 0 Å². The van der Waals surface area contributed by atoms with Gasteiger partial charge in [0, 0.05) is 22.6 Å². The van der Waals surface area contributed by atoms with Crippen LogP contribution in [0, 0.1) is 0 Å². The summed E-state index contributed by atoms with van der Waals surface area (Å²) in [5.74, 6) is -1.06. The summed E-state index contributed by atoms with van der Waals surface area (Å²) in [5.41, 5.74) is 0.869. The zero-order chi connectivity index (χ0) is 23.7. The molecule has 2 saturated heterocycles. The van der Waals surface area contributed by atoms with E-state index in [4.69, 9.17) is 0 Å². The van der Waals surface area contributed by atoms with Gasteiger partial charge in [-0.1, -0.05) is 36.4 Å². The average molecular weight is 489 g/mol. The van der Waals surface area contributed by atoms with Crippen LogP contribution in [0.2, 0.25) is 0 Å². The zero-order valence-corrected chi connectivity index (χ0v) is 19.6. The van der Waals surface area contributed by atoms with Gasteiger partial charge in [0.2, 0.25) is 23.6 Å². The van der Waals surface area contributed by atoms with Gasteiger partial charge in [-0.15, -0.1) is 23.5 Å². The molecule has 3 aromatic rings. The molecule has 0 saturated carbocycles. The van der Waals surface area contributed by atoms with Crippen LogP contribution in [0.1, 0.15) is 12.8 Å². The Balaban J connectivity index is 1.30. The molecule has 2 atom stereocenters. The highest BCUT2D eigenvalue weighted by atomic mass is 32.2. The Labute approximate surface area is 205 Å². The molecule has 170 valence electrons. The predicted molar refractivity (Wildman–Crippen MR) is 133 cm³/mol. The first-order valence-corrected chi connectivity index (χ1v) is 12.5. The number of hydrogen-bond donors (Lipinski definition) is 0. The van der Waals surface area contributed by atoms with Crippen LogP contribution in [-0.2, 0) is 19.2 Å².